The molecule has 226 valence electrons. The van der Waals surface area contributed by atoms with E-state index in [-0.39, 0.29) is 25.7 Å². The van der Waals surface area contributed by atoms with Crippen LogP contribution in [0.25, 0.3) is 0 Å². The highest BCUT2D eigenvalue weighted by molar-refractivity contribution is 7.08. The van der Waals surface area contributed by atoms with E-state index < -0.39 is 77.6 Å². The van der Waals surface area contributed by atoms with Gasteiger partial charge >= 0.3 is 11.9 Å². The lowest BCUT2D eigenvalue weighted by molar-refractivity contribution is -0.173. The molecule has 3 heterocycles. The molecule has 1 spiro atoms. The van der Waals surface area contributed by atoms with E-state index in [1.54, 1.807) is 23.9 Å². The van der Waals surface area contributed by atoms with Gasteiger partial charge in [-0.2, -0.15) is 11.3 Å². The maximum atomic E-state index is 13.8. The molecule has 1 aromatic heterocycles. The van der Waals surface area contributed by atoms with Crippen molar-refractivity contribution in [2.75, 3.05) is 41.2 Å². The summed E-state index contributed by atoms with van der Waals surface area (Å²) in [7, 11) is 4.54. The summed E-state index contributed by atoms with van der Waals surface area (Å²) < 4.78 is 35.2. The van der Waals surface area contributed by atoms with Crippen LogP contribution in [0.5, 0.6) is 0 Å². The van der Waals surface area contributed by atoms with Gasteiger partial charge < -0.3 is 38.6 Å². The number of aliphatic hydroxyl groups is 2. The van der Waals surface area contributed by atoms with Gasteiger partial charge in [0.05, 0.1) is 37.4 Å². The summed E-state index contributed by atoms with van der Waals surface area (Å²) in [6, 6.07) is 1.70. The van der Waals surface area contributed by atoms with Crippen LogP contribution in [0.4, 0.5) is 0 Å². The Bertz CT molecular complexity index is 1150. The van der Waals surface area contributed by atoms with Gasteiger partial charge in [0.25, 0.3) is 0 Å². The first-order valence-corrected chi connectivity index (χ1v) is 14.9. The zero-order chi connectivity index (χ0) is 29.5. The third-order valence-electron chi connectivity index (χ3n) is 9.27. The van der Waals surface area contributed by atoms with Crippen molar-refractivity contribution < 1.29 is 48.2 Å². The van der Waals surface area contributed by atoms with Gasteiger partial charge in [0.15, 0.2) is 0 Å². The molecule has 2 aliphatic heterocycles. The summed E-state index contributed by atoms with van der Waals surface area (Å²) in [6.45, 7) is 4.00. The molecule has 2 N–H and O–H groups in total. The topological polar surface area (TPSA) is 130 Å². The highest BCUT2D eigenvalue weighted by Crippen LogP contribution is 2.62. The summed E-state index contributed by atoms with van der Waals surface area (Å²) in [4.78, 5) is 26.9. The summed E-state index contributed by atoms with van der Waals surface area (Å²) in [5.74, 6) is -4.03. The Hall–Kier alpha value is -2.12. The molecular weight excluding hydrogens is 552 g/mol. The van der Waals surface area contributed by atoms with E-state index >= 15 is 0 Å². The van der Waals surface area contributed by atoms with Crippen molar-refractivity contribution >= 4 is 23.3 Å². The molecule has 12 atom stereocenters. The molecule has 10 nitrogen and oxygen atoms in total. The fraction of sp³-hybridized carbons (Fsp3) is 0.667. The van der Waals surface area contributed by atoms with Crippen molar-refractivity contribution in [3.63, 3.8) is 0 Å². The van der Waals surface area contributed by atoms with Gasteiger partial charge in [-0.3, -0.25) is 4.79 Å². The quantitative estimate of drug-likeness (QED) is 0.325. The molecular formula is C30H40O10S. The minimum Gasteiger partial charge on any atom is -0.459 e. The molecule has 11 heteroatoms. The van der Waals surface area contributed by atoms with Crippen LogP contribution in [0.2, 0.25) is 0 Å². The number of thiophene rings is 1. The molecule has 41 heavy (non-hydrogen) atoms. The van der Waals surface area contributed by atoms with Crippen LogP contribution in [0.1, 0.15) is 24.2 Å². The molecule has 5 rings (SSSR count). The van der Waals surface area contributed by atoms with Crippen LogP contribution in [-0.4, -0.2) is 99.4 Å². The zero-order valence-electron chi connectivity index (χ0n) is 24.0. The van der Waals surface area contributed by atoms with Gasteiger partial charge in [0.2, 0.25) is 0 Å². The largest absolute Gasteiger partial charge is 0.459 e. The van der Waals surface area contributed by atoms with Crippen molar-refractivity contribution in [2.45, 2.75) is 50.0 Å². The van der Waals surface area contributed by atoms with Gasteiger partial charge in [-0.15, -0.1) is 0 Å². The molecule has 0 amide bonds. The number of cyclic esters (lactones) is 1. The molecule has 4 aliphatic rings. The smallest absolute Gasteiger partial charge is 0.339 e. The Kier molecular flexibility index (Phi) is 9.06. The van der Waals surface area contributed by atoms with E-state index in [2.05, 4.69) is 0 Å². The molecule has 4 bridgehead atoms. The Morgan fingerprint density at radius 3 is 2.59 bits per heavy atom. The number of rotatable bonds is 9. The monoisotopic (exact) mass is 592 g/mol. The first kappa shape index (κ1) is 30.3. The SMILES string of the molecule is COC[C@@H](O)[C@H]1OC(=O)[C@H](COC)[C@H]2C=C[C@@H]3[C@H]4[C@H](O)[C@@H](COC)C(OC(=O)c5ccsc5)[C@@H]3O[C@]42/C(C)=C/[C@H]1C. The first-order valence-electron chi connectivity index (χ1n) is 14.0. The number of methoxy groups -OCH3 is 3. The summed E-state index contributed by atoms with van der Waals surface area (Å²) in [5.41, 5.74) is 0.133. The van der Waals surface area contributed by atoms with Crippen LogP contribution in [0.3, 0.4) is 0 Å². The number of carbonyl (C=O) groups is 2. The predicted molar refractivity (Wildman–Crippen MR) is 148 cm³/mol. The molecule has 2 fully saturated rings. The van der Waals surface area contributed by atoms with Gasteiger partial charge in [-0.1, -0.05) is 25.2 Å². The second-order valence-electron chi connectivity index (χ2n) is 11.6. The van der Waals surface area contributed by atoms with Gasteiger partial charge in [-0.05, 0) is 23.9 Å². The average molecular weight is 593 g/mol. The third-order valence-corrected chi connectivity index (χ3v) is 9.95. The summed E-state index contributed by atoms with van der Waals surface area (Å²) >= 11 is 1.40. The number of carbonyl (C=O) groups excluding carboxylic acids is 2. The molecule has 1 unspecified atom stereocenters. The summed E-state index contributed by atoms with van der Waals surface area (Å²) in [5, 5.41) is 26.4. The van der Waals surface area contributed by atoms with Crippen LogP contribution in [0.15, 0.2) is 40.6 Å². The number of ether oxygens (including phenoxy) is 6. The van der Waals surface area contributed by atoms with Crippen molar-refractivity contribution in [1.82, 2.24) is 0 Å². The van der Waals surface area contributed by atoms with Gasteiger partial charge in [0.1, 0.15) is 30.0 Å². The average Bonchev–Trinajstić information content (AvgIpc) is 3.54. The lowest BCUT2D eigenvalue weighted by atomic mass is 9.56. The number of hydrogen-bond donors (Lipinski definition) is 2. The van der Waals surface area contributed by atoms with Crippen molar-refractivity contribution in [3.05, 3.63) is 46.2 Å². The zero-order valence-corrected chi connectivity index (χ0v) is 24.8. The maximum Gasteiger partial charge on any atom is 0.339 e. The summed E-state index contributed by atoms with van der Waals surface area (Å²) in [6.07, 6.45) is 1.64. The van der Waals surface area contributed by atoms with Crippen LogP contribution in [-0.2, 0) is 33.2 Å². The highest BCUT2D eigenvalue weighted by Gasteiger charge is 2.71. The predicted octanol–water partition coefficient (Wildman–Crippen LogP) is 2.24. The fourth-order valence-electron chi connectivity index (χ4n) is 7.57. The fourth-order valence-corrected chi connectivity index (χ4v) is 8.20. The van der Waals surface area contributed by atoms with E-state index in [9.17, 15) is 19.8 Å². The second-order valence-corrected chi connectivity index (χ2v) is 12.4. The Balaban J connectivity index is 1.61. The third kappa shape index (κ3) is 5.09. The first-order chi connectivity index (χ1) is 19.7. The van der Waals surface area contributed by atoms with E-state index in [0.29, 0.717) is 5.56 Å². The number of aliphatic hydroxyl groups excluding tert-OH is 2. The molecule has 1 saturated carbocycles. The minimum atomic E-state index is -1.11. The minimum absolute atomic E-state index is 0.00352. The Morgan fingerprint density at radius 2 is 1.93 bits per heavy atom. The van der Waals surface area contributed by atoms with E-state index in [1.165, 1.54) is 25.6 Å². The molecule has 0 aromatic carbocycles. The van der Waals surface area contributed by atoms with Gasteiger partial charge in [0, 0.05) is 56.3 Å². The van der Waals surface area contributed by atoms with Crippen LogP contribution in [0, 0.1) is 35.5 Å². The van der Waals surface area contributed by atoms with Gasteiger partial charge in [-0.25, -0.2) is 4.79 Å². The van der Waals surface area contributed by atoms with E-state index in [0.717, 1.165) is 5.57 Å². The van der Waals surface area contributed by atoms with Crippen molar-refractivity contribution in [1.29, 1.82) is 0 Å². The van der Waals surface area contributed by atoms with Crippen LogP contribution >= 0.6 is 11.3 Å². The van der Waals surface area contributed by atoms with Crippen molar-refractivity contribution in [2.24, 2.45) is 35.5 Å². The lowest BCUT2D eigenvalue weighted by Gasteiger charge is -2.49. The number of esters is 2. The van der Waals surface area contributed by atoms with E-state index in [1.807, 2.05) is 32.1 Å². The second kappa shape index (κ2) is 12.2. The number of hydrogen-bond acceptors (Lipinski definition) is 11. The Labute approximate surface area is 244 Å². The molecule has 2 aliphatic carbocycles. The normalized spacial score (nSPS) is 41.7. The van der Waals surface area contributed by atoms with E-state index in [4.69, 9.17) is 28.4 Å². The molecule has 1 saturated heterocycles. The maximum absolute atomic E-state index is 13.8. The van der Waals surface area contributed by atoms with Crippen LogP contribution < -0.4 is 0 Å². The standard InChI is InChI=1S/C30H40O10S/c1-15-10-16(2)30-21(19(11-35-3)29(34)38-25(15)22(31)13-37-5)7-6-18-23(30)24(32)20(12-36-4)26(27(18)40-30)39-28(33)17-8-9-41-14-17/h6-10,14-15,18-27,31-32H,11-13H2,1-5H3/b16-10+/t15-,18-,19-,20-,21-,22-,23+,24-,25+,26?,27-,30+/m1/s1. The molecule has 0 radical (unpaired) electrons. The highest BCUT2D eigenvalue weighted by atomic mass is 32.1. The molecule has 1 aromatic rings. The Morgan fingerprint density at radius 1 is 1.17 bits per heavy atom. The lowest BCUT2D eigenvalue weighted by Crippen LogP contribution is -2.59. The van der Waals surface area contributed by atoms with Crippen molar-refractivity contribution in [3.8, 4) is 0 Å².